The Bertz CT molecular complexity index is 1050. The van der Waals surface area contributed by atoms with Gasteiger partial charge in [0.25, 0.3) is 5.56 Å². The van der Waals surface area contributed by atoms with Gasteiger partial charge in [0.2, 0.25) is 5.91 Å². The Hall–Kier alpha value is -2.87. The molecular weight excluding hydrogens is 359 g/mol. The highest BCUT2D eigenvalue weighted by atomic mass is 35.5. The van der Waals surface area contributed by atoms with Crippen molar-refractivity contribution >= 4 is 34.1 Å². The Kier molecular flexibility index (Phi) is 4.45. The Morgan fingerprint density at radius 3 is 2.68 bits per heavy atom. The molecule has 0 bridgehead atoms. The predicted molar refractivity (Wildman–Crippen MR) is 86.0 cm³/mol. The summed E-state index contributed by atoms with van der Waals surface area (Å²) in [6.45, 7) is -0.493. The van der Waals surface area contributed by atoms with Crippen LogP contribution >= 0.6 is 11.6 Å². The highest BCUT2D eigenvalue weighted by molar-refractivity contribution is 6.31. The zero-order chi connectivity index (χ0) is 18.1. The second kappa shape index (κ2) is 6.56. The first-order valence-electron chi connectivity index (χ1n) is 6.95. The van der Waals surface area contributed by atoms with Crippen LogP contribution in [0.15, 0.2) is 41.5 Å². The lowest BCUT2D eigenvalue weighted by molar-refractivity contribution is -0.116. The van der Waals surface area contributed by atoms with E-state index in [1.165, 1.54) is 6.07 Å². The maximum Gasteiger partial charge on any atom is 0.261 e. The first-order chi connectivity index (χ1) is 11.9. The van der Waals surface area contributed by atoms with Crippen molar-refractivity contribution in [3.8, 4) is 0 Å². The van der Waals surface area contributed by atoms with E-state index in [1.54, 1.807) is 12.1 Å². The molecule has 1 amide bonds. The van der Waals surface area contributed by atoms with E-state index >= 15 is 0 Å². The number of rotatable bonds is 3. The Morgan fingerprint density at radius 1 is 1.16 bits per heavy atom. The van der Waals surface area contributed by atoms with Crippen molar-refractivity contribution in [2.45, 2.75) is 6.54 Å². The summed E-state index contributed by atoms with van der Waals surface area (Å²) in [5, 5.41) is 2.62. The van der Waals surface area contributed by atoms with Crippen LogP contribution in [0.4, 0.5) is 18.9 Å². The zero-order valence-electron chi connectivity index (χ0n) is 12.4. The smallest absolute Gasteiger partial charge is 0.261 e. The van der Waals surface area contributed by atoms with Gasteiger partial charge in [-0.05, 0) is 30.3 Å². The van der Waals surface area contributed by atoms with Gasteiger partial charge in [-0.1, -0.05) is 11.6 Å². The second-order valence-corrected chi connectivity index (χ2v) is 5.55. The van der Waals surface area contributed by atoms with E-state index in [2.05, 4.69) is 10.3 Å². The number of fused-ring (bicyclic) bond motifs is 1. The number of nitrogens with zero attached hydrogens (tertiary/aromatic N) is 2. The van der Waals surface area contributed by atoms with E-state index in [0.29, 0.717) is 16.6 Å². The first kappa shape index (κ1) is 17.0. The molecule has 0 radical (unpaired) electrons. The fourth-order valence-corrected chi connectivity index (χ4v) is 2.38. The molecule has 25 heavy (non-hydrogen) atoms. The molecule has 0 saturated heterocycles. The van der Waals surface area contributed by atoms with Crippen LogP contribution in [0.25, 0.3) is 10.9 Å². The van der Waals surface area contributed by atoms with Crippen LogP contribution in [0.5, 0.6) is 0 Å². The van der Waals surface area contributed by atoms with Crippen molar-refractivity contribution in [2.75, 3.05) is 5.32 Å². The molecule has 9 heteroatoms. The van der Waals surface area contributed by atoms with Gasteiger partial charge in [-0.25, -0.2) is 18.2 Å². The Labute approximate surface area is 143 Å². The molecule has 128 valence electrons. The number of carbonyl (C=O) groups is 1. The Morgan fingerprint density at radius 2 is 1.92 bits per heavy atom. The minimum absolute atomic E-state index is 0.210. The summed E-state index contributed by atoms with van der Waals surface area (Å²) in [4.78, 5) is 28.3. The van der Waals surface area contributed by atoms with E-state index in [-0.39, 0.29) is 5.39 Å². The van der Waals surface area contributed by atoms with Crippen molar-refractivity contribution in [3.05, 3.63) is 69.5 Å². The lowest BCUT2D eigenvalue weighted by atomic mass is 10.2. The third-order valence-corrected chi connectivity index (χ3v) is 3.64. The molecule has 1 N–H and O–H groups in total. The fraction of sp³-hybridized carbons (Fsp3) is 0.0625. The fourth-order valence-electron chi connectivity index (χ4n) is 2.21. The highest BCUT2D eigenvalue weighted by Crippen LogP contribution is 2.19. The lowest BCUT2D eigenvalue weighted by Gasteiger charge is -2.09. The van der Waals surface area contributed by atoms with Crippen molar-refractivity contribution in [3.63, 3.8) is 0 Å². The third-order valence-electron chi connectivity index (χ3n) is 3.41. The van der Waals surface area contributed by atoms with Gasteiger partial charge in [-0.15, -0.1) is 0 Å². The highest BCUT2D eigenvalue weighted by Gasteiger charge is 2.16. The maximum atomic E-state index is 13.6. The monoisotopic (exact) mass is 367 g/mol. The summed E-state index contributed by atoms with van der Waals surface area (Å²) in [5.74, 6) is -5.40. The van der Waals surface area contributed by atoms with Gasteiger partial charge in [0.05, 0.1) is 22.9 Å². The number of amides is 1. The van der Waals surface area contributed by atoms with Gasteiger partial charge >= 0.3 is 0 Å². The number of halogens is 4. The van der Waals surface area contributed by atoms with Crippen LogP contribution in [0.1, 0.15) is 0 Å². The normalized spacial score (nSPS) is 10.9. The van der Waals surface area contributed by atoms with Crippen LogP contribution < -0.4 is 10.9 Å². The van der Waals surface area contributed by atoms with Gasteiger partial charge in [0, 0.05) is 5.02 Å². The molecule has 0 unspecified atom stereocenters. The average molecular weight is 368 g/mol. The van der Waals surface area contributed by atoms with Gasteiger partial charge < -0.3 is 5.32 Å². The summed E-state index contributed by atoms with van der Waals surface area (Å²) in [6, 6.07) is 6.10. The molecule has 3 rings (SSSR count). The van der Waals surface area contributed by atoms with Crippen LogP contribution in [-0.4, -0.2) is 15.5 Å². The molecule has 0 saturated carbocycles. The van der Waals surface area contributed by atoms with Crippen molar-refractivity contribution < 1.29 is 18.0 Å². The van der Waals surface area contributed by atoms with Crippen LogP contribution in [0.2, 0.25) is 5.02 Å². The molecule has 0 atom stereocenters. The largest absolute Gasteiger partial charge is 0.322 e. The second-order valence-electron chi connectivity index (χ2n) is 5.11. The quantitative estimate of drug-likeness (QED) is 0.723. The minimum Gasteiger partial charge on any atom is -0.322 e. The number of aromatic nitrogens is 2. The minimum atomic E-state index is -1.70. The molecule has 0 spiro atoms. The lowest BCUT2D eigenvalue weighted by Crippen LogP contribution is -2.28. The molecule has 0 aliphatic rings. The molecule has 1 heterocycles. The van der Waals surface area contributed by atoms with Gasteiger partial charge in [-0.2, -0.15) is 0 Å². The summed E-state index contributed by atoms with van der Waals surface area (Å²) >= 11 is 5.84. The number of benzene rings is 2. The summed E-state index contributed by atoms with van der Waals surface area (Å²) in [6.07, 6.45) is 1.15. The number of anilines is 1. The molecule has 5 nitrogen and oxygen atoms in total. The molecule has 0 aliphatic carbocycles. The van der Waals surface area contributed by atoms with E-state index in [0.717, 1.165) is 17.0 Å². The summed E-state index contributed by atoms with van der Waals surface area (Å²) in [7, 11) is 0. The summed E-state index contributed by atoms with van der Waals surface area (Å²) < 4.78 is 40.6. The SMILES string of the molecule is O=C(Cn1cnc2ccc(Cl)cc2c1=O)Nc1ccc(F)c(F)c1F. The van der Waals surface area contributed by atoms with Crippen molar-refractivity contribution in [1.82, 2.24) is 9.55 Å². The average Bonchev–Trinajstić information content (AvgIpc) is 2.58. The van der Waals surface area contributed by atoms with Gasteiger partial charge in [0.1, 0.15) is 6.54 Å². The van der Waals surface area contributed by atoms with Crippen LogP contribution in [0.3, 0.4) is 0 Å². The number of nitrogens with one attached hydrogen (secondary N) is 1. The molecule has 2 aromatic carbocycles. The van der Waals surface area contributed by atoms with Gasteiger partial charge in [-0.3, -0.25) is 14.2 Å². The first-order valence-corrected chi connectivity index (χ1v) is 7.32. The maximum absolute atomic E-state index is 13.6. The number of hydrogen-bond donors (Lipinski definition) is 1. The zero-order valence-corrected chi connectivity index (χ0v) is 13.1. The molecular formula is C16H9ClF3N3O2. The number of hydrogen-bond acceptors (Lipinski definition) is 3. The standard InChI is InChI=1S/C16H9ClF3N3O2/c17-8-1-3-11-9(5-8)16(25)23(7-21-11)6-13(24)22-12-4-2-10(18)14(19)15(12)20/h1-5,7H,6H2,(H,22,24). The molecule has 0 fully saturated rings. The Balaban J connectivity index is 1.86. The molecule has 1 aromatic heterocycles. The van der Waals surface area contributed by atoms with E-state index in [1.807, 2.05) is 0 Å². The predicted octanol–water partition coefficient (Wildman–Crippen LogP) is 3.11. The van der Waals surface area contributed by atoms with E-state index in [9.17, 15) is 22.8 Å². The van der Waals surface area contributed by atoms with Crippen LogP contribution in [-0.2, 0) is 11.3 Å². The van der Waals surface area contributed by atoms with Crippen molar-refractivity contribution in [2.24, 2.45) is 0 Å². The third kappa shape index (κ3) is 3.34. The van der Waals surface area contributed by atoms with Gasteiger partial charge in [0.15, 0.2) is 17.5 Å². The van der Waals surface area contributed by atoms with E-state index in [4.69, 9.17) is 11.6 Å². The van der Waals surface area contributed by atoms with E-state index < -0.39 is 41.2 Å². The van der Waals surface area contributed by atoms with Crippen molar-refractivity contribution in [1.29, 1.82) is 0 Å². The molecule has 3 aromatic rings. The molecule has 0 aliphatic heterocycles. The summed E-state index contributed by atoms with van der Waals surface area (Å²) in [5.41, 5.74) is -0.653. The topological polar surface area (TPSA) is 64.0 Å². The number of carbonyl (C=O) groups excluding carboxylic acids is 1. The van der Waals surface area contributed by atoms with Crippen LogP contribution in [0, 0.1) is 17.5 Å².